The molecule has 1 aromatic heterocycles. The Labute approximate surface area is 92.8 Å². The molecule has 0 bridgehead atoms. The molecule has 76 valence electrons. The van der Waals surface area contributed by atoms with Crippen molar-refractivity contribution < 1.29 is 8.78 Å². The summed E-state index contributed by atoms with van der Waals surface area (Å²) in [5.41, 5.74) is 0.580. The van der Waals surface area contributed by atoms with Gasteiger partial charge < -0.3 is 0 Å². The van der Waals surface area contributed by atoms with Crippen molar-refractivity contribution in [2.75, 3.05) is 0 Å². The third-order valence-electron chi connectivity index (χ3n) is 2.22. The highest BCUT2D eigenvalue weighted by atomic mass is 79.9. The van der Waals surface area contributed by atoms with Gasteiger partial charge in [0.05, 0.1) is 10.2 Å². The molecule has 0 spiro atoms. The standard InChI is InChI=1S/C8H6BrClF2N2/c9-5-3-13-7(10)14-6(5)4-1-8(11,12)2-4/h3-4H,1-2H2. The summed E-state index contributed by atoms with van der Waals surface area (Å²) in [6.45, 7) is 0. The van der Waals surface area contributed by atoms with E-state index in [-0.39, 0.29) is 24.0 Å². The van der Waals surface area contributed by atoms with Crippen LogP contribution in [0.15, 0.2) is 10.7 Å². The van der Waals surface area contributed by atoms with Gasteiger partial charge in [-0.3, -0.25) is 0 Å². The van der Waals surface area contributed by atoms with Crippen molar-refractivity contribution in [2.24, 2.45) is 0 Å². The van der Waals surface area contributed by atoms with Crippen molar-refractivity contribution in [2.45, 2.75) is 24.7 Å². The Balaban J connectivity index is 2.22. The Morgan fingerprint density at radius 3 is 2.71 bits per heavy atom. The smallest absolute Gasteiger partial charge is 0.225 e. The topological polar surface area (TPSA) is 25.8 Å². The lowest BCUT2D eigenvalue weighted by Crippen LogP contribution is -2.34. The van der Waals surface area contributed by atoms with Gasteiger partial charge >= 0.3 is 0 Å². The van der Waals surface area contributed by atoms with E-state index >= 15 is 0 Å². The summed E-state index contributed by atoms with van der Waals surface area (Å²) >= 11 is 8.80. The number of halogens is 4. The summed E-state index contributed by atoms with van der Waals surface area (Å²) in [5.74, 6) is -2.75. The monoisotopic (exact) mass is 282 g/mol. The largest absolute Gasteiger partial charge is 0.249 e. The van der Waals surface area contributed by atoms with Crippen LogP contribution >= 0.6 is 27.5 Å². The van der Waals surface area contributed by atoms with E-state index in [2.05, 4.69) is 25.9 Å². The molecule has 0 N–H and O–H groups in total. The first kappa shape index (κ1) is 10.2. The molecule has 1 heterocycles. The van der Waals surface area contributed by atoms with Crippen molar-refractivity contribution in [3.63, 3.8) is 0 Å². The zero-order valence-electron chi connectivity index (χ0n) is 6.98. The number of hydrogen-bond donors (Lipinski definition) is 0. The Kier molecular flexibility index (Phi) is 2.47. The van der Waals surface area contributed by atoms with Crippen LogP contribution in [0.1, 0.15) is 24.5 Å². The van der Waals surface area contributed by atoms with Crippen LogP contribution in [0.4, 0.5) is 8.78 Å². The molecule has 1 aromatic rings. The maximum absolute atomic E-state index is 12.6. The number of hydrogen-bond acceptors (Lipinski definition) is 2. The van der Waals surface area contributed by atoms with Crippen LogP contribution in [0.5, 0.6) is 0 Å². The molecule has 0 radical (unpaired) electrons. The molecule has 6 heteroatoms. The summed E-state index contributed by atoms with van der Waals surface area (Å²) < 4.78 is 25.9. The van der Waals surface area contributed by atoms with Crippen LogP contribution in [0, 0.1) is 0 Å². The van der Waals surface area contributed by atoms with Crippen LogP contribution in [0.2, 0.25) is 5.28 Å². The lowest BCUT2D eigenvalue weighted by molar-refractivity contribution is -0.0877. The molecule has 1 fully saturated rings. The molecule has 1 aliphatic rings. The normalized spacial score (nSPS) is 20.6. The van der Waals surface area contributed by atoms with Crippen molar-refractivity contribution in [1.82, 2.24) is 9.97 Å². The lowest BCUT2D eigenvalue weighted by atomic mass is 9.79. The van der Waals surface area contributed by atoms with Crippen LogP contribution in [-0.4, -0.2) is 15.9 Å². The summed E-state index contributed by atoms with van der Waals surface area (Å²) in [4.78, 5) is 7.67. The quantitative estimate of drug-likeness (QED) is 0.738. The molecule has 2 nitrogen and oxygen atoms in total. The summed E-state index contributed by atoms with van der Waals surface area (Å²) in [6.07, 6.45) is 1.18. The van der Waals surface area contributed by atoms with Gasteiger partial charge in [-0.15, -0.1) is 0 Å². The first-order chi connectivity index (χ1) is 6.48. The second-order valence-electron chi connectivity index (χ2n) is 3.33. The molecule has 0 atom stereocenters. The second-order valence-corrected chi connectivity index (χ2v) is 4.53. The van der Waals surface area contributed by atoms with Gasteiger partial charge in [-0.25, -0.2) is 18.7 Å². The maximum atomic E-state index is 12.6. The van der Waals surface area contributed by atoms with Gasteiger partial charge in [-0.2, -0.15) is 0 Å². The van der Waals surface area contributed by atoms with Crippen LogP contribution in [0.25, 0.3) is 0 Å². The Morgan fingerprint density at radius 1 is 1.50 bits per heavy atom. The molecule has 0 amide bonds. The molecule has 0 unspecified atom stereocenters. The summed E-state index contributed by atoms with van der Waals surface area (Å²) in [7, 11) is 0. The maximum Gasteiger partial charge on any atom is 0.249 e. The minimum absolute atomic E-state index is 0.0958. The van der Waals surface area contributed by atoms with E-state index in [9.17, 15) is 8.78 Å². The summed E-state index contributed by atoms with van der Waals surface area (Å²) in [5, 5.41) is 0.0958. The molecule has 0 saturated heterocycles. The first-order valence-electron chi connectivity index (χ1n) is 4.04. The van der Waals surface area contributed by atoms with E-state index in [0.29, 0.717) is 10.2 Å². The predicted octanol–water partition coefficient (Wildman–Crippen LogP) is 3.41. The minimum atomic E-state index is -2.54. The molecule has 1 aliphatic carbocycles. The lowest BCUT2D eigenvalue weighted by Gasteiger charge is -2.34. The molecule has 2 rings (SSSR count). The number of aromatic nitrogens is 2. The van der Waals surface area contributed by atoms with Crippen LogP contribution in [-0.2, 0) is 0 Å². The first-order valence-corrected chi connectivity index (χ1v) is 5.21. The van der Waals surface area contributed by atoms with E-state index in [0.717, 1.165) is 0 Å². The van der Waals surface area contributed by atoms with E-state index in [1.165, 1.54) is 6.20 Å². The molecular formula is C8H6BrClF2N2. The second kappa shape index (κ2) is 3.38. The van der Waals surface area contributed by atoms with E-state index < -0.39 is 5.92 Å². The predicted molar refractivity (Wildman–Crippen MR) is 51.7 cm³/mol. The highest BCUT2D eigenvalue weighted by molar-refractivity contribution is 9.10. The van der Waals surface area contributed by atoms with Gasteiger partial charge in [0, 0.05) is 25.0 Å². The molecule has 1 saturated carbocycles. The zero-order chi connectivity index (χ0) is 10.3. The molecule has 0 aromatic carbocycles. The van der Waals surface area contributed by atoms with Crippen LogP contribution in [0.3, 0.4) is 0 Å². The molecule has 0 aliphatic heterocycles. The average molecular weight is 284 g/mol. The number of alkyl halides is 2. The molecular weight excluding hydrogens is 277 g/mol. The van der Waals surface area contributed by atoms with E-state index in [1.807, 2.05) is 0 Å². The van der Waals surface area contributed by atoms with Crippen molar-refractivity contribution in [1.29, 1.82) is 0 Å². The number of rotatable bonds is 1. The average Bonchev–Trinajstić information content (AvgIpc) is 2.05. The van der Waals surface area contributed by atoms with Crippen molar-refractivity contribution in [3.05, 3.63) is 21.6 Å². The van der Waals surface area contributed by atoms with Gasteiger partial charge in [0.15, 0.2) is 0 Å². The third-order valence-corrected chi connectivity index (χ3v) is 3.01. The fraction of sp³-hybridized carbons (Fsp3) is 0.500. The Bertz CT molecular complexity index is 364. The van der Waals surface area contributed by atoms with Gasteiger partial charge in [-0.05, 0) is 27.5 Å². The van der Waals surface area contributed by atoms with Gasteiger partial charge in [0.2, 0.25) is 11.2 Å². The fourth-order valence-corrected chi connectivity index (χ4v) is 2.15. The summed E-state index contributed by atoms with van der Waals surface area (Å²) in [6, 6.07) is 0. The zero-order valence-corrected chi connectivity index (χ0v) is 9.32. The van der Waals surface area contributed by atoms with Crippen molar-refractivity contribution in [3.8, 4) is 0 Å². The van der Waals surface area contributed by atoms with Crippen LogP contribution < -0.4 is 0 Å². The highest BCUT2D eigenvalue weighted by Crippen LogP contribution is 2.49. The van der Waals surface area contributed by atoms with Gasteiger partial charge in [0.1, 0.15) is 0 Å². The fourth-order valence-electron chi connectivity index (χ4n) is 1.50. The van der Waals surface area contributed by atoms with Gasteiger partial charge in [0.25, 0.3) is 0 Å². The Hall–Kier alpha value is -0.290. The minimum Gasteiger partial charge on any atom is -0.225 e. The Morgan fingerprint density at radius 2 is 2.14 bits per heavy atom. The number of nitrogens with zero attached hydrogens (tertiary/aromatic N) is 2. The van der Waals surface area contributed by atoms with Crippen molar-refractivity contribution >= 4 is 27.5 Å². The van der Waals surface area contributed by atoms with E-state index in [4.69, 9.17) is 11.6 Å². The third kappa shape index (κ3) is 1.88. The van der Waals surface area contributed by atoms with E-state index in [1.54, 1.807) is 0 Å². The SMILES string of the molecule is FC1(F)CC(c2nc(Cl)ncc2Br)C1. The molecule has 14 heavy (non-hydrogen) atoms. The highest BCUT2D eigenvalue weighted by Gasteiger charge is 2.47. The van der Waals surface area contributed by atoms with Gasteiger partial charge in [-0.1, -0.05) is 0 Å².